The number of rotatable bonds is 6. The van der Waals surface area contributed by atoms with E-state index in [2.05, 4.69) is 14.9 Å². The van der Waals surface area contributed by atoms with Crippen LogP contribution >= 0.6 is 0 Å². The van der Waals surface area contributed by atoms with Crippen molar-refractivity contribution < 1.29 is 13.9 Å². The van der Waals surface area contributed by atoms with Gasteiger partial charge in [0.2, 0.25) is 5.88 Å². The van der Waals surface area contributed by atoms with Gasteiger partial charge in [0.1, 0.15) is 5.82 Å². The van der Waals surface area contributed by atoms with Gasteiger partial charge < -0.3 is 15.2 Å². The zero-order valence-corrected chi connectivity index (χ0v) is 14.0. The molecule has 0 bridgehead atoms. The average molecular weight is 334 g/mol. The number of nitrogens with zero attached hydrogens (tertiary/aromatic N) is 3. The highest BCUT2D eigenvalue weighted by atomic mass is 19.1. The van der Waals surface area contributed by atoms with Crippen LogP contribution in [0.4, 0.5) is 4.39 Å². The molecule has 130 valence electrons. The number of ether oxygens (including phenoxy) is 2. The van der Waals surface area contributed by atoms with E-state index in [-0.39, 0.29) is 11.9 Å². The average Bonchev–Trinajstić information content (AvgIpc) is 3.02. The number of nitrogens with two attached hydrogens (primary N) is 1. The van der Waals surface area contributed by atoms with Crippen LogP contribution in [-0.2, 0) is 11.2 Å². The molecule has 0 radical (unpaired) electrons. The van der Waals surface area contributed by atoms with Crippen LogP contribution in [0, 0.1) is 11.7 Å². The molecule has 1 aliphatic rings. The van der Waals surface area contributed by atoms with E-state index in [0.29, 0.717) is 41.4 Å². The van der Waals surface area contributed by atoms with Crippen molar-refractivity contribution >= 4 is 11.0 Å². The number of likely N-dealkylation sites (tertiary alicyclic amines) is 1. The summed E-state index contributed by atoms with van der Waals surface area (Å²) < 4.78 is 24.9. The summed E-state index contributed by atoms with van der Waals surface area (Å²) in [5, 5.41) is 0. The Bertz CT molecular complexity index is 700. The van der Waals surface area contributed by atoms with Crippen LogP contribution in [0.3, 0.4) is 0 Å². The molecule has 1 fully saturated rings. The molecule has 0 aliphatic carbocycles. The fourth-order valence-corrected chi connectivity index (χ4v) is 3.30. The lowest BCUT2D eigenvalue weighted by atomic mass is 10.1. The zero-order valence-electron chi connectivity index (χ0n) is 14.0. The van der Waals surface area contributed by atoms with E-state index in [1.807, 2.05) is 0 Å². The van der Waals surface area contributed by atoms with Crippen molar-refractivity contribution in [2.75, 3.05) is 40.4 Å². The molecule has 2 N–H and O–H groups in total. The van der Waals surface area contributed by atoms with Crippen LogP contribution in [0.25, 0.3) is 11.0 Å². The Morgan fingerprint density at radius 3 is 2.83 bits per heavy atom. The quantitative estimate of drug-likeness (QED) is 0.856. The summed E-state index contributed by atoms with van der Waals surface area (Å²) in [5.41, 5.74) is 7.61. The van der Waals surface area contributed by atoms with E-state index in [9.17, 15) is 4.39 Å². The summed E-state index contributed by atoms with van der Waals surface area (Å²) in [5.74, 6) is 0.452. The van der Waals surface area contributed by atoms with Crippen molar-refractivity contribution in [3.05, 3.63) is 29.7 Å². The third kappa shape index (κ3) is 3.33. The maximum Gasteiger partial charge on any atom is 0.213 e. The van der Waals surface area contributed by atoms with Crippen LogP contribution in [0.5, 0.6) is 5.88 Å². The number of aromatic nitrogens is 2. The Kier molecular flexibility index (Phi) is 5.23. The first-order chi connectivity index (χ1) is 11.7. The van der Waals surface area contributed by atoms with Crippen LogP contribution in [0.1, 0.15) is 5.56 Å². The van der Waals surface area contributed by atoms with E-state index < -0.39 is 0 Å². The van der Waals surface area contributed by atoms with Crippen molar-refractivity contribution in [2.45, 2.75) is 12.5 Å². The molecule has 2 aromatic rings. The molecule has 3 heterocycles. The highest BCUT2D eigenvalue weighted by Crippen LogP contribution is 2.23. The van der Waals surface area contributed by atoms with E-state index in [1.54, 1.807) is 26.4 Å². The molecule has 0 aromatic carbocycles. The van der Waals surface area contributed by atoms with Crippen LogP contribution in [0.15, 0.2) is 18.3 Å². The summed E-state index contributed by atoms with van der Waals surface area (Å²) in [6.45, 7) is 3.02. The maximum absolute atomic E-state index is 14.3. The Hall–Kier alpha value is -1.83. The fourth-order valence-electron chi connectivity index (χ4n) is 3.30. The molecule has 3 rings (SSSR count). The first-order valence-electron chi connectivity index (χ1n) is 8.09. The first kappa shape index (κ1) is 17.0. The summed E-state index contributed by atoms with van der Waals surface area (Å²) in [7, 11) is 3.26. The standard InChI is InChI=1S/C17H23FN4O2/c1-23-15-10-22(9-11(15)7-19)6-5-12-13(18)8-20-14-3-4-16(24-2)21-17(12)14/h3-4,8,11,15H,5-7,9-10,19H2,1-2H3/t11-,15+/m0/s1. The van der Waals surface area contributed by atoms with Gasteiger partial charge in [0.05, 0.1) is 30.4 Å². The number of pyridine rings is 2. The van der Waals surface area contributed by atoms with E-state index in [4.69, 9.17) is 15.2 Å². The lowest BCUT2D eigenvalue weighted by Gasteiger charge is -2.16. The summed E-state index contributed by atoms with van der Waals surface area (Å²) in [6, 6.07) is 3.53. The summed E-state index contributed by atoms with van der Waals surface area (Å²) in [4.78, 5) is 10.7. The van der Waals surface area contributed by atoms with Crippen LogP contribution in [0.2, 0.25) is 0 Å². The van der Waals surface area contributed by atoms with E-state index in [1.165, 1.54) is 6.20 Å². The minimum atomic E-state index is -0.332. The van der Waals surface area contributed by atoms with Gasteiger partial charge in [-0.2, -0.15) is 0 Å². The third-order valence-corrected chi connectivity index (χ3v) is 4.69. The minimum absolute atomic E-state index is 0.146. The number of fused-ring (bicyclic) bond motifs is 1. The van der Waals surface area contributed by atoms with Crippen molar-refractivity contribution in [3.63, 3.8) is 0 Å². The minimum Gasteiger partial charge on any atom is -0.481 e. The van der Waals surface area contributed by atoms with Crippen molar-refractivity contribution in [1.82, 2.24) is 14.9 Å². The second kappa shape index (κ2) is 7.38. The third-order valence-electron chi connectivity index (χ3n) is 4.69. The van der Waals surface area contributed by atoms with E-state index >= 15 is 0 Å². The number of methoxy groups -OCH3 is 2. The van der Waals surface area contributed by atoms with Gasteiger partial charge in [-0.25, -0.2) is 9.37 Å². The molecule has 0 amide bonds. The molecule has 2 atom stereocenters. The molecule has 6 nitrogen and oxygen atoms in total. The lowest BCUT2D eigenvalue weighted by Crippen LogP contribution is -2.27. The zero-order chi connectivity index (χ0) is 17.1. The second-order valence-electron chi connectivity index (χ2n) is 6.09. The molecular weight excluding hydrogens is 311 g/mol. The largest absolute Gasteiger partial charge is 0.481 e. The SMILES string of the molecule is COc1ccc2ncc(F)c(CCN3C[C@H](CN)[C@H](OC)C3)c2n1. The highest BCUT2D eigenvalue weighted by Gasteiger charge is 2.31. The van der Waals surface area contributed by atoms with Crippen molar-refractivity contribution in [1.29, 1.82) is 0 Å². The monoisotopic (exact) mass is 334 g/mol. The summed E-state index contributed by atoms with van der Waals surface area (Å²) in [6.07, 6.45) is 1.96. The Labute approximate surface area is 140 Å². The second-order valence-corrected chi connectivity index (χ2v) is 6.09. The highest BCUT2D eigenvalue weighted by molar-refractivity contribution is 5.78. The molecule has 0 saturated carbocycles. The first-order valence-corrected chi connectivity index (χ1v) is 8.09. The molecule has 1 aliphatic heterocycles. The van der Waals surface area contributed by atoms with Gasteiger partial charge in [0, 0.05) is 44.3 Å². The molecule has 24 heavy (non-hydrogen) atoms. The Morgan fingerprint density at radius 1 is 1.33 bits per heavy atom. The van der Waals surface area contributed by atoms with Crippen molar-refractivity contribution in [2.24, 2.45) is 11.7 Å². The van der Waals surface area contributed by atoms with Gasteiger partial charge in [-0.05, 0) is 19.0 Å². The fraction of sp³-hybridized carbons (Fsp3) is 0.529. The Morgan fingerprint density at radius 2 is 2.17 bits per heavy atom. The normalized spacial score (nSPS) is 21.5. The molecular formula is C17H23FN4O2. The number of halogens is 1. The lowest BCUT2D eigenvalue weighted by molar-refractivity contribution is 0.0810. The predicted octanol–water partition coefficient (Wildman–Crippen LogP) is 1.23. The summed E-state index contributed by atoms with van der Waals surface area (Å²) >= 11 is 0. The number of hydrogen-bond acceptors (Lipinski definition) is 6. The van der Waals surface area contributed by atoms with E-state index in [0.717, 1.165) is 19.6 Å². The predicted molar refractivity (Wildman–Crippen MR) is 89.5 cm³/mol. The molecule has 0 spiro atoms. The van der Waals surface area contributed by atoms with Gasteiger partial charge in [0.15, 0.2) is 0 Å². The van der Waals surface area contributed by atoms with Gasteiger partial charge in [0.25, 0.3) is 0 Å². The molecule has 2 aromatic heterocycles. The van der Waals surface area contributed by atoms with Gasteiger partial charge in [-0.1, -0.05) is 0 Å². The van der Waals surface area contributed by atoms with Crippen molar-refractivity contribution in [3.8, 4) is 5.88 Å². The smallest absolute Gasteiger partial charge is 0.213 e. The number of hydrogen-bond donors (Lipinski definition) is 1. The Balaban J connectivity index is 1.79. The van der Waals surface area contributed by atoms with Gasteiger partial charge in [-0.15, -0.1) is 0 Å². The maximum atomic E-state index is 14.3. The molecule has 1 saturated heterocycles. The topological polar surface area (TPSA) is 73.5 Å². The molecule has 7 heteroatoms. The van der Waals surface area contributed by atoms with Gasteiger partial charge in [-0.3, -0.25) is 9.88 Å². The molecule has 0 unspecified atom stereocenters. The van der Waals surface area contributed by atoms with Crippen LogP contribution in [-0.4, -0.2) is 61.4 Å². The van der Waals surface area contributed by atoms with Crippen LogP contribution < -0.4 is 10.5 Å². The van der Waals surface area contributed by atoms with Gasteiger partial charge >= 0.3 is 0 Å².